The van der Waals surface area contributed by atoms with Crippen molar-refractivity contribution in [3.8, 4) is 11.3 Å². The summed E-state index contributed by atoms with van der Waals surface area (Å²) >= 11 is 0. The molecule has 3 aromatic rings. The van der Waals surface area contributed by atoms with Crippen LogP contribution in [0.1, 0.15) is 30.6 Å². The van der Waals surface area contributed by atoms with E-state index in [0.29, 0.717) is 37.3 Å². The van der Waals surface area contributed by atoms with Gasteiger partial charge in [0.2, 0.25) is 5.91 Å². The zero-order valence-electron chi connectivity index (χ0n) is 18.9. The van der Waals surface area contributed by atoms with Gasteiger partial charge in [-0.05, 0) is 31.4 Å². The van der Waals surface area contributed by atoms with E-state index >= 15 is 0 Å². The van der Waals surface area contributed by atoms with Crippen LogP contribution in [0.2, 0.25) is 0 Å². The fraction of sp³-hybridized carbons (Fsp3) is 0.320. The second-order valence-electron chi connectivity index (χ2n) is 8.65. The maximum absolute atomic E-state index is 13.3. The third-order valence-electron chi connectivity index (χ3n) is 6.34. The molecule has 0 bridgehead atoms. The zero-order chi connectivity index (χ0) is 23.7. The highest BCUT2D eigenvalue weighted by molar-refractivity contribution is 7.90. The monoisotopic (exact) mass is 478 g/mol. The van der Waals surface area contributed by atoms with Crippen molar-refractivity contribution in [3.05, 3.63) is 72.0 Å². The van der Waals surface area contributed by atoms with Gasteiger partial charge in [-0.2, -0.15) is 8.42 Å². The predicted molar refractivity (Wildman–Crippen MR) is 128 cm³/mol. The quantitative estimate of drug-likeness (QED) is 0.539. The number of amides is 1. The van der Waals surface area contributed by atoms with Crippen LogP contribution >= 0.6 is 0 Å². The van der Waals surface area contributed by atoms with Crippen LogP contribution in [0.3, 0.4) is 0 Å². The molecule has 9 heteroatoms. The number of hydrogen-bond acceptors (Lipinski definition) is 6. The molecule has 0 aliphatic carbocycles. The van der Waals surface area contributed by atoms with Gasteiger partial charge >= 0.3 is 0 Å². The van der Waals surface area contributed by atoms with E-state index in [1.54, 1.807) is 36.2 Å². The van der Waals surface area contributed by atoms with Gasteiger partial charge in [-0.15, -0.1) is 4.40 Å². The van der Waals surface area contributed by atoms with E-state index in [2.05, 4.69) is 9.55 Å². The van der Waals surface area contributed by atoms with Crippen LogP contribution < -0.4 is 0 Å². The van der Waals surface area contributed by atoms with Crippen molar-refractivity contribution in [2.75, 3.05) is 20.1 Å². The molecule has 0 N–H and O–H groups in total. The SMILES string of the molecule is CN(CCCc1cc(-c2ccccc2)no1)C(=O)[C@@H]1CCCN1C1=NS(=O)(=O)c2ccccc21. The van der Waals surface area contributed by atoms with Crippen LogP contribution in [0.4, 0.5) is 0 Å². The summed E-state index contributed by atoms with van der Waals surface area (Å²) in [6, 6.07) is 18.2. The van der Waals surface area contributed by atoms with E-state index in [9.17, 15) is 13.2 Å². The van der Waals surface area contributed by atoms with E-state index in [4.69, 9.17) is 4.52 Å². The number of carbonyl (C=O) groups is 1. The molecule has 1 fully saturated rings. The van der Waals surface area contributed by atoms with Crippen LogP contribution in [-0.4, -0.2) is 61.3 Å². The number of benzene rings is 2. The van der Waals surface area contributed by atoms with Gasteiger partial charge in [0.05, 0.1) is 0 Å². The molecule has 1 amide bonds. The summed E-state index contributed by atoms with van der Waals surface area (Å²) in [7, 11) is -1.93. The number of sulfonamides is 1. The van der Waals surface area contributed by atoms with E-state index < -0.39 is 16.1 Å². The van der Waals surface area contributed by atoms with E-state index in [0.717, 1.165) is 29.9 Å². The number of amidine groups is 1. The Morgan fingerprint density at radius 3 is 2.74 bits per heavy atom. The molecule has 0 saturated carbocycles. The number of rotatable bonds is 6. The Balaban J connectivity index is 1.21. The predicted octanol–water partition coefficient (Wildman–Crippen LogP) is 3.35. The topological polar surface area (TPSA) is 96.1 Å². The van der Waals surface area contributed by atoms with Crippen LogP contribution in [0, 0.1) is 0 Å². The average molecular weight is 479 g/mol. The lowest BCUT2D eigenvalue weighted by molar-refractivity contribution is -0.133. The van der Waals surface area contributed by atoms with Crippen LogP contribution in [-0.2, 0) is 21.2 Å². The van der Waals surface area contributed by atoms with Crippen LogP contribution in [0.15, 0.2) is 74.5 Å². The molecule has 0 spiro atoms. The first-order valence-corrected chi connectivity index (χ1v) is 12.8. The molecule has 3 heterocycles. The maximum atomic E-state index is 13.3. The molecule has 2 aliphatic heterocycles. The Morgan fingerprint density at radius 1 is 1.15 bits per heavy atom. The van der Waals surface area contributed by atoms with Crippen molar-refractivity contribution < 1.29 is 17.7 Å². The largest absolute Gasteiger partial charge is 0.361 e. The summed E-state index contributed by atoms with van der Waals surface area (Å²) in [6.45, 7) is 1.17. The molecule has 176 valence electrons. The highest BCUT2D eigenvalue weighted by atomic mass is 32.2. The number of likely N-dealkylation sites (N-methyl/N-ethyl adjacent to an activating group) is 1. The summed E-state index contributed by atoms with van der Waals surface area (Å²) in [5.41, 5.74) is 2.38. The molecule has 34 heavy (non-hydrogen) atoms. The second-order valence-corrected chi connectivity index (χ2v) is 10.2. The standard InChI is InChI=1S/C25H26N4O4S/c1-28(15-7-11-19-17-21(26-33-19)18-9-3-2-4-10-18)25(30)22-13-8-16-29(22)24-20-12-5-6-14-23(20)34(31,32)27-24/h2-6,9-10,12,14,17,22H,7-8,11,13,15-16H2,1H3/t22-/m0/s1. The molecule has 0 radical (unpaired) electrons. The summed E-state index contributed by atoms with van der Waals surface area (Å²) in [6.07, 6.45) is 2.89. The first-order valence-electron chi connectivity index (χ1n) is 11.4. The van der Waals surface area contributed by atoms with Crippen molar-refractivity contribution >= 4 is 21.8 Å². The van der Waals surface area contributed by atoms with Gasteiger partial charge in [0.1, 0.15) is 22.4 Å². The van der Waals surface area contributed by atoms with Gasteiger partial charge in [-0.25, -0.2) is 0 Å². The summed E-state index contributed by atoms with van der Waals surface area (Å²) in [5.74, 6) is 1.14. The lowest BCUT2D eigenvalue weighted by atomic mass is 10.1. The highest BCUT2D eigenvalue weighted by Crippen LogP contribution is 2.31. The lowest BCUT2D eigenvalue weighted by Gasteiger charge is -2.29. The Bertz CT molecular complexity index is 1330. The van der Waals surface area contributed by atoms with Gasteiger partial charge in [0, 0.05) is 43.8 Å². The first-order chi connectivity index (χ1) is 16.4. The minimum Gasteiger partial charge on any atom is -0.361 e. The molecular formula is C25H26N4O4S. The molecule has 8 nitrogen and oxygen atoms in total. The van der Waals surface area contributed by atoms with Crippen molar-refractivity contribution in [3.63, 3.8) is 0 Å². The molecule has 2 aromatic carbocycles. The molecule has 1 atom stereocenters. The van der Waals surface area contributed by atoms with Crippen molar-refractivity contribution in [1.82, 2.24) is 15.0 Å². The van der Waals surface area contributed by atoms with Gasteiger partial charge in [0.15, 0.2) is 5.84 Å². The smallest absolute Gasteiger partial charge is 0.285 e. The van der Waals surface area contributed by atoms with E-state index in [1.165, 1.54) is 0 Å². The maximum Gasteiger partial charge on any atom is 0.285 e. The van der Waals surface area contributed by atoms with Crippen LogP contribution in [0.25, 0.3) is 11.3 Å². The number of aryl methyl sites for hydroxylation is 1. The Kier molecular flexibility index (Phi) is 5.95. The van der Waals surface area contributed by atoms with Crippen molar-refractivity contribution in [2.45, 2.75) is 36.6 Å². The first kappa shape index (κ1) is 22.3. The normalized spacial score (nSPS) is 18.6. The van der Waals surface area contributed by atoms with Gasteiger partial charge in [-0.3, -0.25) is 4.79 Å². The average Bonchev–Trinajstić information content (AvgIpc) is 3.57. The zero-order valence-corrected chi connectivity index (χ0v) is 19.7. The number of carbonyl (C=O) groups excluding carboxylic acids is 1. The number of likely N-dealkylation sites (tertiary alicyclic amines) is 1. The third-order valence-corrected chi connectivity index (χ3v) is 7.67. The minimum absolute atomic E-state index is 0.0236. The number of fused-ring (bicyclic) bond motifs is 1. The van der Waals surface area contributed by atoms with Gasteiger partial charge in [0.25, 0.3) is 10.0 Å². The molecule has 5 rings (SSSR count). The summed E-state index contributed by atoms with van der Waals surface area (Å²) in [5, 5.41) is 4.14. The number of hydrogen-bond donors (Lipinski definition) is 0. The van der Waals surface area contributed by atoms with Crippen LogP contribution in [0.5, 0.6) is 0 Å². The molecule has 1 saturated heterocycles. The van der Waals surface area contributed by atoms with Crippen molar-refractivity contribution in [1.29, 1.82) is 0 Å². The Labute approximate surface area is 198 Å². The van der Waals surface area contributed by atoms with Crippen molar-refractivity contribution in [2.24, 2.45) is 4.40 Å². The number of nitrogens with zero attached hydrogens (tertiary/aromatic N) is 4. The molecule has 0 unspecified atom stereocenters. The van der Waals surface area contributed by atoms with E-state index in [1.807, 2.05) is 41.3 Å². The molecule has 1 aromatic heterocycles. The van der Waals surface area contributed by atoms with Gasteiger partial charge < -0.3 is 14.3 Å². The second kappa shape index (κ2) is 9.06. The number of aromatic nitrogens is 1. The fourth-order valence-electron chi connectivity index (χ4n) is 4.60. The summed E-state index contributed by atoms with van der Waals surface area (Å²) in [4.78, 5) is 17.0. The Hall–Kier alpha value is -3.46. The fourth-order valence-corrected chi connectivity index (χ4v) is 5.82. The molecule has 2 aliphatic rings. The lowest BCUT2D eigenvalue weighted by Crippen LogP contribution is -2.46. The van der Waals surface area contributed by atoms with Gasteiger partial charge in [-0.1, -0.05) is 47.6 Å². The minimum atomic E-state index is -3.72. The summed E-state index contributed by atoms with van der Waals surface area (Å²) < 4.78 is 34.4. The highest BCUT2D eigenvalue weighted by Gasteiger charge is 2.39. The Morgan fingerprint density at radius 2 is 1.91 bits per heavy atom. The third kappa shape index (κ3) is 4.23. The van der Waals surface area contributed by atoms with E-state index in [-0.39, 0.29) is 10.8 Å². The molecular weight excluding hydrogens is 452 g/mol.